The summed E-state index contributed by atoms with van der Waals surface area (Å²) in [6, 6.07) is 0. The summed E-state index contributed by atoms with van der Waals surface area (Å²) < 4.78 is 32.7. The van der Waals surface area contributed by atoms with E-state index in [-0.39, 0.29) is 29.5 Å². The number of rotatable bonds is 9. The third-order valence-electron chi connectivity index (χ3n) is 7.97. The predicted molar refractivity (Wildman–Crippen MR) is 156 cm³/mol. The first-order valence-electron chi connectivity index (χ1n) is 14.5. The SMILES string of the molecule is CC(=O)OCC(COC(C)=O)c1c(O)c2c(c(OC(C)=O)c1OC(C)=O)[C@@]1(C)CC[C@@H](OC(C)=O)C(C)(C)C1=C(OC(C)=O)C2=O. The van der Waals surface area contributed by atoms with Crippen LogP contribution in [0.15, 0.2) is 11.3 Å². The lowest BCUT2D eigenvalue weighted by Crippen LogP contribution is -2.51. The molecular formula is C32H38O14. The molecule has 0 unspecified atom stereocenters. The number of phenolic OH excluding ortho intramolecular Hbond substituents is 1. The molecule has 0 spiro atoms. The fraction of sp³-hybridized carbons (Fsp3) is 0.531. The molecule has 0 bridgehead atoms. The van der Waals surface area contributed by atoms with Crippen LogP contribution in [0.4, 0.5) is 0 Å². The molecule has 1 N–H and O–H groups in total. The Hall–Kier alpha value is -4.75. The summed E-state index contributed by atoms with van der Waals surface area (Å²) >= 11 is 0. The minimum absolute atomic E-state index is 0.0517. The Kier molecular flexibility index (Phi) is 10.3. The van der Waals surface area contributed by atoms with Gasteiger partial charge in [-0.1, -0.05) is 20.8 Å². The van der Waals surface area contributed by atoms with Gasteiger partial charge in [0.15, 0.2) is 17.3 Å². The van der Waals surface area contributed by atoms with Gasteiger partial charge in [-0.3, -0.25) is 33.6 Å². The zero-order valence-electron chi connectivity index (χ0n) is 27.2. The molecule has 1 saturated carbocycles. The Morgan fingerprint density at radius 2 is 1.26 bits per heavy atom. The molecule has 0 heterocycles. The van der Waals surface area contributed by atoms with Crippen molar-refractivity contribution in [2.24, 2.45) is 5.41 Å². The molecule has 250 valence electrons. The molecule has 2 atom stereocenters. The highest BCUT2D eigenvalue weighted by molar-refractivity contribution is 6.15. The van der Waals surface area contributed by atoms with Gasteiger partial charge in [-0.2, -0.15) is 0 Å². The summed E-state index contributed by atoms with van der Waals surface area (Å²) in [5, 5.41) is 11.9. The number of phenols is 1. The van der Waals surface area contributed by atoms with Crippen molar-refractivity contribution in [1.29, 1.82) is 0 Å². The standard InChI is InChI=1S/C32H38O14/c1-14(33)41-12-20(13-42-15(2)34)22-25(39)23-24(28(45-18(5)37)27(22)44-17(4)36)32(9)11-10-21(43-16(3)35)31(7,8)30(32)29(26(23)40)46-19(6)38/h20-21,39H,10-13H2,1-9H3/t21-,32-/m1/s1. The van der Waals surface area contributed by atoms with Crippen molar-refractivity contribution in [2.75, 3.05) is 13.2 Å². The molecule has 46 heavy (non-hydrogen) atoms. The molecule has 0 radical (unpaired) electrons. The van der Waals surface area contributed by atoms with Gasteiger partial charge in [0.05, 0.1) is 17.0 Å². The van der Waals surface area contributed by atoms with E-state index in [4.69, 9.17) is 28.4 Å². The van der Waals surface area contributed by atoms with Crippen LogP contribution in [0.25, 0.3) is 0 Å². The van der Waals surface area contributed by atoms with E-state index in [0.717, 1.165) is 34.6 Å². The lowest BCUT2D eigenvalue weighted by molar-refractivity contribution is -0.154. The number of benzene rings is 1. The number of ketones is 1. The van der Waals surface area contributed by atoms with Crippen LogP contribution >= 0.6 is 0 Å². The van der Waals surface area contributed by atoms with Crippen LogP contribution in [0.3, 0.4) is 0 Å². The van der Waals surface area contributed by atoms with Crippen molar-refractivity contribution in [3.63, 3.8) is 0 Å². The summed E-state index contributed by atoms with van der Waals surface area (Å²) in [6.45, 7) is 10.7. The Morgan fingerprint density at radius 3 is 1.72 bits per heavy atom. The third-order valence-corrected chi connectivity index (χ3v) is 7.97. The second-order valence-corrected chi connectivity index (χ2v) is 12.0. The molecule has 3 rings (SSSR count). The van der Waals surface area contributed by atoms with E-state index < -0.39 is 106 Å². The van der Waals surface area contributed by atoms with Crippen molar-refractivity contribution in [1.82, 2.24) is 0 Å². The molecular weight excluding hydrogens is 608 g/mol. The molecule has 1 aromatic carbocycles. The Bertz CT molecular complexity index is 1530. The quantitative estimate of drug-likeness (QED) is 0.233. The van der Waals surface area contributed by atoms with E-state index in [1.807, 2.05) is 0 Å². The normalized spacial score (nSPS) is 19.8. The van der Waals surface area contributed by atoms with Gasteiger partial charge < -0.3 is 33.5 Å². The molecule has 0 aromatic heterocycles. The molecule has 14 nitrogen and oxygen atoms in total. The maximum atomic E-state index is 14.4. The van der Waals surface area contributed by atoms with Crippen molar-refractivity contribution >= 4 is 41.6 Å². The van der Waals surface area contributed by atoms with Crippen molar-refractivity contribution in [2.45, 2.75) is 92.6 Å². The van der Waals surface area contributed by atoms with Crippen molar-refractivity contribution < 1.29 is 67.1 Å². The molecule has 0 saturated heterocycles. The van der Waals surface area contributed by atoms with Crippen LogP contribution in [0.1, 0.15) is 103 Å². The highest BCUT2D eigenvalue weighted by Gasteiger charge is 2.58. The summed E-state index contributed by atoms with van der Waals surface area (Å²) in [5.74, 6) is -9.03. The van der Waals surface area contributed by atoms with Crippen molar-refractivity contribution in [3.05, 3.63) is 28.0 Å². The number of hydrogen-bond acceptors (Lipinski definition) is 14. The second kappa shape index (κ2) is 13.3. The number of hydrogen-bond donors (Lipinski definition) is 1. The minimum atomic E-state index is -1.36. The van der Waals surface area contributed by atoms with Crippen LogP contribution in [-0.4, -0.2) is 66.0 Å². The largest absolute Gasteiger partial charge is 0.507 e. The molecule has 2 aliphatic carbocycles. The molecule has 0 amide bonds. The van der Waals surface area contributed by atoms with E-state index in [1.165, 1.54) is 6.92 Å². The van der Waals surface area contributed by atoms with E-state index >= 15 is 0 Å². The zero-order chi connectivity index (χ0) is 34.9. The molecule has 14 heteroatoms. The summed E-state index contributed by atoms with van der Waals surface area (Å²) in [6.07, 6.45) is -0.436. The maximum absolute atomic E-state index is 14.4. The fourth-order valence-corrected chi connectivity index (χ4v) is 6.42. The predicted octanol–water partition coefficient (Wildman–Crippen LogP) is 3.48. The Balaban J connectivity index is 2.57. The number of fused-ring (bicyclic) bond motifs is 3. The first-order chi connectivity index (χ1) is 21.2. The number of ether oxygens (including phenoxy) is 6. The molecule has 1 fully saturated rings. The van der Waals surface area contributed by atoms with Gasteiger partial charge in [-0.15, -0.1) is 0 Å². The highest BCUT2D eigenvalue weighted by Crippen LogP contribution is 2.63. The number of carbonyl (C=O) groups excluding carboxylic acids is 7. The number of allylic oxidation sites excluding steroid dienone is 1. The van der Waals surface area contributed by atoms with Gasteiger partial charge in [0.2, 0.25) is 5.78 Å². The number of aromatic hydroxyl groups is 1. The zero-order valence-corrected chi connectivity index (χ0v) is 27.2. The van der Waals surface area contributed by atoms with E-state index in [0.29, 0.717) is 0 Å². The Morgan fingerprint density at radius 1 is 0.761 bits per heavy atom. The fourth-order valence-electron chi connectivity index (χ4n) is 6.42. The monoisotopic (exact) mass is 646 g/mol. The van der Waals surface area contributed by atoms with Gasteiger partial charge in [-0.05, 0) is 18.4 Å². The average molecular weight is 647 g/mol. The number of Topliss-reactive ketones (excluding diaryl/α,β-unsaturated/α-hetero) is 1. The van der Waals surface area contributed by atoms with E-state index in [9.17, 15) is 38.7 Å². The summed E-state index contributed by atoms with van der Waals surface area (Å²) in [7, 11) is 0. The van der Waals surface area contributed by atoms with Gasteiger partial charge in [0.1, 0.15) is 25.1 Å². The van der Waals surface area contributed by atoms with Crippen LogP contribution in [0.2, 0.25) is 0 Å². The van der Waals surface area contributed by atoms with Crippen LogP contribution < -0.4 is 9.47 Å². The van der Waals surface area contributed by atoms with E-state index in [1.54, 1.807) is 20.8 Å². The molecule has 0 aliphatic heterocycles. The summed E-state index contributed by atoms with van der Waals surface area (Å²) in [5.41, 5.74) is -3.14. The topological polar surface area (TPSA) is 195 Å². The maximum Gasteiger partial charge on any atom is 0.308 e. The van der Waals surface area contributed by atoms with Crippen LogP contribution in [-0.2, 0) is 53.1 Å². The molecule has 1 aromatic rings. The van der Waals surface area contributed by atoms with Gasteiger partial charge in [0.25, 0.3) is 0 Å². The van der Waals surface area contributed by atoms with Crippen LogP contribution in [0.5, 0.6) is 17.2 Å². The summed E-state index contributed by atoms with van der Waals surface area (Å²) in [4.78, 5) is 87.5. The molecule has 2 aliphatic rings. The first kappa shape index (κ1) is 35.7. The number of esters is 6. The highest BCUT2D eigenvalue weighted by atomic mass is 16.6. The first-order valence-corrected chi connectivity index (χ1v) is 14.5. The average Bonchev–Trinajstić information content (AvgIpc) is 2.89. The van der Waals surface area contributed by atoms with Gasteiger partial charge >= 0.3 is 35.8 Å². The lowest BCUT2D eigenvalue weighted by Gasteiger charge is -2.52. The minimum Gasteiger partial charge on any atom is -0.507 e. The van der Waals surface area contributed by atoms with Crippen molar-refractivity contribution in [3.8, 4) is 17.2 Å². The third kappa shape index (κ3) is 6.90. The lowest BCUT2D eigenvalue weighted by atomic mass is 9.53. The smallest absolute Gasteiger partial charge is 0.308 e. The van der Waals surface area contributed by atoms with Gasteiger partial charge in [0, 0.05) is 57.9 Å². The second-order valence-electron chi connectivity index (χ2n) is 12.0. The van der Waals surface area contributed by atoms with Gasteiger partial charge in [-0.25, -0.2) is 0 Å². The number of carbonyl (C=O) groups is 7. The Labute approximate surface area is 265 Å². The van der Waals surface area contributed by atoms with E-state index in [2.05, 4.69) is 0 Å². The van der Waals surface area contributed by atoms with Crippen LogP contribution in [0, 0.1) is 5.41 Å².